The number of halogens is 1. The van der Waals surface area contributed by atoms with Crippen LogP contribution in [0.5, 0.6) is 0 Å². The Morgan fingerprint density at radius 3 is 2.21 bits per heavy atom. The highest BCUT2D eigenvalue weighted by Crippen LogP contribution is 2.10. The Labute approximate surface area is 85.3 Å². The molecule has 0 spiro atoms. The first kappa shape index (κ1) is 11.2. The van der Waals surface area contributed by atoms with E-state index in [4.69, 9.17) is 0 Å². The van der Waals surface area contributed by atoms with Gasteiger partial charge in [-0.25, -0.2) is 4.39 Å². The molecule has 1 rings (SSSR count). The molecule has 1 nitrogen and oxygen atoms in total. The van der Waals surface area contributed by atoms with Crippen LogP contribution in [-0.2, 0) is 6.42 Å². The first-order valence-electron chi connectivity index (χ1n) is 5.05. The van der Waals surface area contributed by atoms with Gasteiger partial charge in [0.1, 0.15) is 5.82 Å². The lowest BCUT2D eigenvalue weighted by Crippen LogP contribution is -2.32. The zero-order chi connectivity index (χ0) is 10.6. The lowest BCUT2D eigenvalue weighted by atomic mass is 9.97. The van der Waals surface area contributed by atoms with Crippen LogP contribution in [-0.4, -0.2) is 13.1 Å². The lowest BCUT2D eigenvalue weighted by Gasteiger charge is -2.20. The molecule has 0 aliphatic heterocycles. The Balaban J connectivity index is 2.63. The summed E-state index contributed by atoms with van der Waals surface area (Å²) < 4.78 is 12.6. The van der Waals surface area contributed by atoms with Crippen LogP contribution in [0.1, 0.15) is 19.4 Å². The van der Waals surface area contributed by atoms with Crippen molar-refractivity contribution in [2.45, 2.75) is 26.3 Å². The topological polar surface area (TPSA) is 12.0 Å². The van der Waals surface area contributed by atoms with Gasteiger partial charge >= 0.3 is 0 Å². The maximum atomic E-state index is 12.6. The highest BCUT2D eigenvalue weighted by atomic mass is 19.1. The number of nitrogens with one attached hydrogen (secondary N) is 1. The third-order valence-electron chi connectivity index (χ3n) is 2.54. The van der Waals surface area contributed by atoms with Crippen LogP contribution in [0.25, 0.3) is 0 Å². The molecule has 14 heavy (non-hydrogen) atoms. The molecule has 0 radical (unpaired) electrons. The first-order valence-corrected chi connectivity index (χ1v) is 5.05. The normalized spacial score (nSPS) is 13.2. The van der Waals surface area contributed by atoms with Gasteiger partial charge in [-0.3, -0.25) is 0 Å². The van der Waals surface area contributed by atoms with E-state index in [1.807, 2.05) is 19.2 Å². The lowest BCUT2D eigenvalue weighted by molar-refractivity contribution is 0.424. The van der Waals surface area contributed by atoms with Crippen LogP contribution in [0.15, 0.2) is 24.3 Å². The fourth-order valence-electron chi connectivity index (χ4n) is 1.55. The van der Waals surface area contributed by atoms with Crippen molar-refractivity contribution >= 4 is 0 Å². The second-order valence-electron chi connectivity index (χ2n) is 3.97. The van der Waals surface area contributed by atoms with Gasteiger partial charge in [-0.05, 0) is 37.1 Å². The van der Waals surface area contributed by atoms with Crippen molar-refractivity contribution in [2.75, 3.05) is 7.05 Å². The Hall–Kier alpha value is -0.890. The third-order valence-corrected chi connectivity index (χ3v) is 2.54. The molecule has 0 aliphatic carbocycles. The number of hydrogen-bond acceptors (Lipinski definition) is 1. The van der Waals surface area contributed by atoms with Crippen LogP contribution < -0.4 is 5.32 Å². The predicted molar refractivity (Wildman–Crippen MR) is 57.8 cm³/mol. The maximum Gasteiger partial charge on any atom is 0.123 e. The van der Waals surface area contributed by atoms with Gasteiger partial charge in [0.2, 0.25) is 0 Å². The van der Waals surface area contributed by atoms with E-state index in [1.165, 1.54) is 17.7 Å². The van der Waals surface area contributed by atoms with E-state index < -0.39 is 0 Å². The Kier molecular flexibility index (Phi) is 4.08. The summed E-state index contributed by atoms with van der Waals surface area (Å²) in [4.78, 5) is 0. The van der Waals surface area contributed by atoms with Crippen molar-refractivity contribution in [1.82, 2.24) is 5.32 Å². The summed E-state index contributed by atoms with van der Waals surface area (Å²) in [6.07, 6.45) is 0.953. The van der Waals surface area contributed by atoms with E-state index in [9.17, 15) is 4.39 Å². The number of benzene rings is 1. The van der Waals surface area contributed by atoms with Gasteiger partial charge in [-0.1, -0.05) is 26.0 Å². The number of rotatable bonds is 4. The van der Waals surface area contributed by atoms with Crippen LogP contribution in [0.4, 0.5) is 4.39 Å². The Bertz CT molecular complexity index is 266. The van der Waals surface area contributed by atoms with Crippen molar-refractivity contribution in [3.8, 4) is 0 Å². The standard InChI is InChI=1S/C12H18FN/c1-9(2)12(14-3)8-10-4-6-11(13)7-5-10/h4-7,9,12,14H,8H2,1-3H3. The smallest absolute Gasteiger partial charge is 0.123 e. The Morgan fingerprint density at radius 2 is 1.79 bits per heavy atom. The fraction of sp³-hybridized carbons (Fsp3) is 0.500. The minimum absolute atomic E-state index is 0.167. The molecule has 0 aromatic heterocycles. The molecule has 0 saturated carbocycles. The molecular weight excluding hydrogens is 177 g/mol. The molecule has 0 amide bonds. The van der Waals surface area contributed by atoms with Crippen LogP contribution in [0, 0.1) is 11.7 Å². The SMILES string of the molecule is CNC(Cc1ccc(F)cc1)C(C)C. The molecule has 1 atom stereocenters. The summed E-state index contributed by atoms with van der Waals surface area (Å²) in [6, 6.07) is 7.19. The number of hydrogen-bond donors (Lipinski definition) is 1. The Morgan fingerprint density at radius 1 is 1.21 bits per heavy atom. The molecule has 78 valence electrons. The minimum Gasteiger partial charge on any atom is -0.316 e. The van der Waals surface area contributed by atoms with Gasteiger partial charge in [0, 0.05) is 6.04 Å². The zero-order valence-electron chi connectivity index (χ0n) is 9.05. The molecular formula is C12H18FN. The quantitative estimate of drug-likeness (QED) is 0.778. The fourth-order valence-corrected chi connectivity index (χ4v) is 1.55. The molecule has 0 aliphatic rings. The first-order chi connectivity index (χ1) is 6.63. The second kappa shape index (κ2) is 5.11. The minimum atomic E-state index is -0.167. The summed E-state index contributed by atoms with van der Waals surface area (Å²) in [5.41, 5.74) is 1.18. The van der Waals surface area contributed by atoms with Crippen molar-refractivity contribution in [2.24, 2.45) is 5.92 Å². The van der Waals surface area contributed by atoms with Gasteiger partial charge in [0.05, 0.1) is 0 Å². The molecule has 1 unspecified atom stereocenters. The van der Waals surface area contributed by atoms with Gasteiger partial charge in [-0.2, -0.15) is 0 Å². The van der Waals surface area contributed by atoms with E-state index in [1.54, 1.807) is 0 Å². The van der Waals surface area contributed by atoms with Crippen LogP contribution >= 0.6 is 0 Å². The number of likely N-dealkylation sites (N-methyl/N-ethyl adjacent to an activating group) is 1. The van der Waals surface area contributed by atoms with E-state index >= 15 is 0 Å². The van der Waals surface area contributed by atoms with Gasteiger partial charge in [0.25, 0.3) is 0 Å². The van der Waals surface area contributed by atoms with Crippen molar-refractivity contribution in [3.05, 3.63) is 35.6 Å². The van der Waals surface area contributed by atoms with E-state index in [-0.39, 0.29) is 5.82 Å². The van der Waals surface area contributed by atoms with E-state index in [0.717, 1.165) is 6.42 Å². The molecule has 0 fully saturated rings. The summed E-state index contributed by atoms with van der Waals surface area (Å²) >= 11 is 0. The third kappa shape index (κ3) is 3.11. The van der Waals surface area contributed by atoms with Gasteiger partial charge < -0.3 is 5.32 Å². The van der Waals surface area contributed by atoms with Crippen LogP contribution in [0.2, 0.25) is 0 Å². The highest BCUT2D eigenvalue weighted by Gasteiger charge is 2.10. The van der Waals surface area contributed by atoms with Crippen molar-refractivity contribution < 1.29 is 4.39 Å². The van der Waals surface area contributed by atoms with Crippen molar-refractivity contribution in [3.63, 3.8) is 0 Å². The zero-order valence-corrected chi connectivity index (χ0v) is 9.05. The molecule has 1 N–H and O–H groups in total. The van der Waals surface area contributed by atoms with E-state index in [2.05, 4.69) is 19.2 Å². The van der Waals surface area contributed by atoms with Crippen LogP contribution in [0.3, 0.4) is 0 Å². The summed E-state index contributed by atoms with van der Waals surface area (Å²) in [6.45, 7) is 4.37. The van der Waals surface area contributed by atoms with Gasteiger partial charge in [0.15, 0.2) is 0 Å². The highest BCUT2D eigenvalue weighted by molar-refractivity contribution is 5.17. The van der Waals surface area contributed by atoms with Crippen molar-refractivity contribution in [1.29, 1.82) is 0 Å². The molecule has 1 aromatic rings. The largest absolute Gasteiger partial charge is 0.316 e. The molecule has 0 heterocycles. The summed E-state index contributed by atoms with van der Waals surface area (Å²) in [5, 5.41) is 3.27. The maximum absolute atomic E-state index is 12.6. The summed E-state index contributed by atoms with van der Waals surface area (Å²) in [5.74, 6) is 0.421. The van der Waals surface area contributed by atoms with Gasteiger partial charge in [-0.15, -0.1) is 0 Å². The molecule has 0 bridgehead atoms. The monoisotopic (exact) mass is 195 g/mol. The second-order valence-corrected chi connectivity index (χ2v) is 3.97. The molecule has 0 saturated heterocycles. The van der Waals surface area contributed by atoms with E-state index in [0.29, 0.717) is 12.0 Å². The summed E-state index contributed by atoms with van der Waals surface area (Å²) in [7, 11) is 1.97. The average molecular weight is 195 g/mol. The molecule has 1 aromatic carbocycles. The predicted octanol–water partition coefficient (Wildman–Crippen LogP) is 2.61. The molecule has 2 heteroatoms. The average Bonchev–Trinajstić information content (AvgIpc) is 2.16.